The smallest absolute Gasteiger partial charge is 0.331 e. The average molecular weight is 333 g/mol. The van der Waals surface area contributed by atoms with Crippen LogP contribution in [0.2, 0.25) is 0 Å². The number of hydrogen-bond acceptors (Lipinski definition) is 3. The van der Waals surface area contributed by atoms with E-state index >= 15 is 0 Å². The van der Waals surface area contributed by atoms with Crippen molar-refractivity contribution in [3.05, 3.63) is 41.7 Å². The van der Waals surface area contributed by atoms with Crippen molar-refractivity contribution >= 4 is 18.0 Å². The van der Waals surface area contributed by atoms with Gasteiger partial charge in [0.25, 0.3) is 5.91 Å². The van der Waals surface area contributed by atoms with E-state index in [2.05, 4.69) is 5.32 Å². The van der Waals surface area contributed by atoms with Crippen LogP contribution in [-0.2, 0) is 14.3 Å². The van der Waals surface area contributed by atoms with E-state index in [1.807, 2.05) is 0 Å². The number of esters is 1. The lowest BCUT2D eigenvalue weighted by atomic mass is 9.89. The Morgan fingerprint density at radius 1 is 1.25 bits per heavy atom. The first-order chi connectivity index (χ1) is 11.5. The molecule has 130 valence electrons. The molecule has 1 aromatic carbocycles. The third-order valence-electron chi connectivity index (χ3n) is 4.23. The lowest BCUT2D eigenvalue weighted by Crippen LogP contribution is -2.38. The maximum absolute atomic E-state index is 12.8. The summed E-state index contributed by atoms with van der Waals surface area (Å²) in [5.41, 5.74) is 0.683. The predicted molar refractivity (Wildman–Crippen MR) is 90.6 cm³/mol. The van der Waals surface area contributed by atoms with Crippen LogP contribution >= 0.6 is 0 Å². The molecule has 1 atom stereocenters. The van der Waals surface area contributed by atoms with E-state index in [9.17, 15) is 14.0 Å². The molecule has 0 radical (unpaired) electrons. The molecule has 1 aromatic rings. The molecule has 1 aliphatic carbocycles. The monoisotopic (exact) mass is 333 g/mol. The minimum Gasteiger partial charge on any atom is -0.449 e. The molecular formula is C19H24FNO3. The van der Waals surface area contributed by atoms with Crippen LogP contribution < -0.4 is 5.32 Å². The lowest BCUT2D eigenvalue weighted by molar-refractivity contribution is -0.150. The zero-order valence-corrected chi connectivity index (χ0v) is 14.0. The number of halogens is 1. The Kier molecular flexibility index (Phi) is 6.97. The van der Waals surface area contributed by atoms with E-state index in [0.717, 1.165) is 12.8 Å². The van der Waals surface area contributed by atoms with Gasteiger partial charge in [0.05, 0.1) is 0 Å². The fraction of sp³-hybridized carbons (Fsp3) is 0.474. The molecule has 0 heterocycles. The number of benzene rings is 1. The van der Waals surface area contributed by atoms with Crippen molar-refractivity contribution in [2.45, 2.75) is 45.1 Å². The van der Waals surface area contributed by atoms with Gasteiger partial charge in [-0.25, -0.2) is 9.18 Å². The summed E-state index contributed by atoms with van der Waals surface area (Å²) in [4.78, 5) is 23.7. The fourth-order valence-electron chi connectivity index (χ4n) is 2.79. The van der Waals surface area contributed by atoms with Crippen LogP contribution in [-0.4, -0.2) is 24.5 Å². The summed E-state index contributed by atoms with van der Waals surface area (Å²) in [6.07, 6.45) is 7.94. The van der Waals surface area contributed by atoms with Crippen molar-refractivity contribution in [1.82, 2.24) is 5.32 Å². The highest BCUT2D eigenvalue weighted by Crippen LogP contribution is 2.22. The van der Waals surface area contributed by atoms with Gasteiger partial charge in [-0.3, -0.25) is 4.79 Å². The van der Waals surface area contributed by atoms with Gasteiger partial charge in [0, 0.05) is 12.6 Å². The first kappa shape index (κ1) is 18.2. The Hall–Kier alpha value is -2.17. The zero-order chi connectivity index (χ0) is 17.4. The molecule has 0 saturated heterocycles. The number of ether oxygens (including phenoxy) is 1. The summed E-state index contributed by atoms with van der Waals surface area (Å²) in [5.74, 6) is -0.675. The second-order valence-corrected chi connectivity index (χ2v) is 6.21. The Labute approximate surface area is 142 Å². The molecule has 1 aliphatic rings. The van der Waals surface area contributed by atoms with Crippen molar-refractivity contribution in [1.29, 1.82) is 0 Å². The van der Waals surface area contributed by atoms with Crippen LogP contribution in [0, 0.1) is 11.7 Å². The molecule has 1 unspecified atom stereocenters. The summed E-state index contributed by atoms with van der Waals surface area (Å²) in [5, 5.41) is 2.86. The van der Waals surface area contributed by atoms with Gasteiger partial charge >= 0.3 is 5.97 Å². The average Bonchev–Trinajstić information content (AvgIpc) is 2.60. The van der Waals surface area contributed by atoms with E-state index in [0.29, 0.717) is 18.0 Å². The number of carbonyl (C=O) groups excluding carboxylic acids is 2. The van der Waals surface area contributed by atoms with Gasteiger partial charge in [0.15, 0.2) is 6.10 Å². The third kappa shape index (κ3) is 6.14. The topological polar surface area (TPSA) is 55.4 Å². The Bertz CT molecular complexity index is 577. The van der Waals surface area contributed by atoms with Crippen LogP contribution in [0.4, 0.5) is 4.39 Å². The number of nitrogens with one attached hydrogen (secondary N) is 1. The van der Waals surface area contributed by atoms with Gasteiger partial charge in [-0.05, 0) is 49.5 Å². The summed E-state index contributed by atoms with van der Waals surface area (Å²) in [6, 6.07) is 5.73. The van der Waals surface area contributed by atoms with Gasteiger partial charge < -0.3 is 10.1 Å². The predicted octanol–water partition coefficient (Wildman–Crippen LogP) is 3.47. The van der Waals surface area contributed by atoms with Crippen molar-refractivity contribution in [3.8, 4) is 0 Å². The minimum absolute atomic E-state index is 0.274. The van der Waals surface area contributed by atoms with Crippen LogP contribution in [0.25, 0.3) is 6.08 Å². The van der Waals surface area contributed by atoms with Crippen LogP contribution in [0.1, 0.15) is 44.6 Å². The number of amides is 1. The fourth-order valence-corrected chi connectivity index (χ4v) is 2.79. The molecule has 24 heavy (non-hydrogen) atoms. The highest BCUT2D eigenvalue weighted by Gasteiger charge is 2.19. The zero-order valence-electron chi connectivity index (χ0n) is 14.0. The van der Waals surface area contributed by atoms with Gasteiger partial charge in [0.2, 0.25) is 0 Å². The molecule has 4 nitrogen and oxygen atoms in total. The first-order valence-corrected chi connectivity index (χ1v) is 8.46. The molecule has 1 fully saturated rings. The van der Waals surface area contributed by atoms with Crippen LogP contribution in [0.3, 0.4) is 0 Å². The minimum atomic E-state index is -0.834. The molecule has 0 spiro atoms. The largest absolute Gasteiger partial charge is 0.449 e. The molecule has 1 saturated carbocycles. The van der Waals surface area contributed by atoms with E-state index in [1.165, 1.54) is 43.5 Å². The number of hydrogen-bond donors (Lipinski definition) is 1. The Morgan fingerprint density at radius 2 is 1.92 bits per heavy atom. The Morgan fingerprint density at radius 3 is 2.58 bits per heavy atom. The molecular weight excluding hydrogens is 309 g/mol. The maximum atomic E-state index is 12.8. The molecule has 5 heteroatoms. The highest BCUT2D eigenvalue weighted by molar-refractivity contribution is 5.90. The van der Waals surface area contributed by atoms with Crippen molar-refractivity contribution < 1.29 is 18.7 Å². The van der Waals surface area contributed by atoms with E-state index in [1.54, 1.807) is 19.1 Å². The van der Waals surface area contributed by atoms with Gasteiger partial charge in [-0.1, -0.05) is 31.4 Å². The van der Waals surface area contributed by atoms with E-state index < -0.39 is 12.1 Å². The first-order valence-electron chi connectivity index (χ1n) is 8.46. The third-order valence-corrected chi connectivity index (χ3v) is 4.23. The summed E-state index contributed by atoms with van der Waals surface area (Å²) in [6.45, 7) is 2.20. The second-order valence-electron chi connectivity index (χ2n) is 6.21. The number of rotatable bonds is 6. The van der Waals surface area contributed by atoms with E-state index in [4.69, 9.17) is 4.74 Å². The molecule has 2 rings (SSSR count). The SMILES string of the molecule is CC(OC(=O)C=Cc1ccc(F)cc1)C(=O)NCC1CCCCC1. The standard InChI is InChI=1S/C19H24FNO3/c1-14(19(23)21-13-16-5-3-2-4-6-16)24-18(22)12-9-15-7-10-17(20)11-8-15/h7-12,14,16H,2-6,13H2,1H3,(H,21,23). The van der Waals surface area contributed by atoms with Gasteiger partial charge in [0.1, 0.15) is 5.82 Å². The van der Waals surface area contributed by atoms with Crippen LogP contribution in [0.15, 0.2) is 30.3 Å². The van der Waals surface area contributed by atoms with Gasteiger partial charge in [-0.2, -0.15) is 0 Å². The number of carbonyl (C=O) groups is 2. The van der Waals surface area contributed by atoms with Crippen molar-refractivity contribution in [2.24, 2.45) is 5.92 Å². The van der Waals surface area contributed by atoms with E-state index in [-0.39, 0.29) is 11.7 Å². The molecule has 1 amide bonds. The Balaban J connectivity index is 1.73. The lowest BCUT2D eigenvalue weighted by Gasteiger charge is -2.22. The highest BCUT2D eigenvalue weighted by atomic mass is 19.1. The quantitative estimate of drug-likeness (QED) is 0.641. The normalized spacial score (nSPS) is 16.8. The maximum Gasteiger partial charge on any atom is 0.331 e. The van der Waals surface area contributed by atoms with Gasteiger partial charge in [-0.15, -0.1) is 0 Å². The molecule has 0 bridgehead atoms. The molecule has 1 N–H and O–H groups in total. The summed E-state index contributed by atoms with van der Waals surface area (Å²) in [7, 11) is 0. The van der Waals surface area contributed by atoms with Crippen LogP contribution in [0.5, 0.6) is 0 Å². The van der Waals surface area contributed by atoms with Crippen molar-refractivity contribution in [3.63, 3.8) is 0 Å². The molecule has 0 aromatic heterocycles. The van der Waals surface area contributed by atoms with Crippen molar-refractivity contribution in [2.75, 3.05) is 6.54 Å². The summed E-state index contributed by atoms with van der Waals surface area (Å²) >= 11 is 0. The second kappa shape index (κ2) is 9.21. The molecule has 0 aliphatic heterocycles. The summed E-state index contributed by atoms with van der Waals surface area (Å²) < 4.78 is 17.9.